The fraction of sp³-hybridized carbons (Fsp3) is 0.273. The fourth-order valence-electron chi connectivity index (χ4n) is 1.90. The largest absolute Gasteiger partial charge is 0.478 e. The Bertz CT molecular complexity index is 822. The van der Waals surface area contributed by atoms with Gasteiger partial charge in [-0.05, 0) is 43.3 Å². The SMILES string of the molecule is COCCOC(=O)c1ccc(C(C)=O)cc1.O=C(O)c1ccc(C(=O)O)cc1.OCCO. The zero-order valence-electron chi connectivity index (χ0n) is 17.7. The molecule has 174 valence electrons. The number of esters is 1. The van der Waals surface area contributed by atoms with Crippen molar-refractivity contribution in [2.45, 2.75) is 6.92 Å². The van der Waals surface area contributed by atoms with E-state index in [0.717, 1.165) is 0 Å². The molecule has 2 aromatic rings. The molecule has 2 rings (SSSR count). The fourth-order valence-corrected chi connectivity index (χ4v) is 1.90. The van der Waals surface area contributed by atoms with E-state index >= 15 is 0 Å². The summed E-state index contributed by atoms with van der Waals surface area (Å²) in [7, 11) is 1.54. The highest BCUT2D eigenvalue weighted by atomic mass is 16.6. The van der Waals surface area contributed by atoms with Gasteiger partial charge in [0.05, 0.1) is 36.5 Å². The van der Waals surface area contributed by atoms with Crippen molar-refractivity contribution < 1.29 is 49.1 Å². The molecule has 0 aromatic heterocycles. The summed E-state index contributed by atoms with van der Waals surface area (Å²) < 4.78 is 9.68. The number of carboxylic acid groups (broad SMARTS) is 2. The Morgan fingerprint density at radius 2 is 1.06 bits per heavy atom. The minimum Gasteiger partial charge on any atom is -0.478 e. The van der Waals surface area contributed by atoms with Crippen LogP contribution in [0.5, 0.6) is 0 Å². The van der Waals surface area contributed by atoms with Crippen molar-refractivity contribution in [2.75, 3.05) is 33.5 Å². The molecule has 0 heterocycles. The van der Waals surface area contributed by atoms with Crippen molar-refractivity contribution >= 4 is 23.7 Å². The Labute approximate surface area is 184 Å². The van der Waals surface area contributed by atoms with Gasteiger partial charge in [0, 0.05) is 12.7 Å². The lowest BCUT2D eigenvalue weighted by molar-refractivity contribution is 0.0387. The molecule has 0 amide bonds. The average Bonchev–Trinajstić information content (AvgIpc) is 2.79. The molecule has 32 heavy (non-hydrogen) atoms. The van der Waals surface area contributed by atoms with Gasteiger partial charge in [0.15, 0.2) is 5.78 Å². The molecule has 0 unspecified atom stereocenters. The maximum atomic E-state index is 11.4. The quantitative estimate of drug-likeness (QED) is 0.264. The van der Waals surface area contributed by atoms with Gasteiger partial charge in [0.2, 0.25) is 0 Å². The molecule has 0 atom stereocenters. The molecule has 2 aromatic carbocycles. The maximum absolute atomic E-state index is 11.4. The van der Waals surface area contributed by atoms with Crippen LogP contribution in [0.3, 0.4) is 0 Å². The highest BCUT2D eigenvalue weighted by Crippen LogP contribution is 2.06. The van der Waals surface area contributed by atoms with Gasteiger partial charge in [-0.3, -0.25) is 4.79 Å². The first-order valence-electron chi connectivity index (χ1n) is 9.23. The number of benzene rings is 2. The van der Waals surface area contributed by atoms with Crippen LogP contribution in [0.2, 0.25) is 0 Å². The number of aliphatic hydroxyl groups is 2. The van der Waals surface area contributed by atoms with Gasteiger partial charge >= 0.3 is 17.9 Å². The van der Waals surface area contributed by atoms with Crippen LogP contribution in [0.25, 0.3) is 0 Å². The van der Waals surface area contributed by atoms with Crippen molar-refractivity contribution in [3.63, 3.8) is 0 Å². The summed E-state index contributed by atoms with van der Waals surface area (Å²) in [5.41, 5.74) is 1.18. The van der Waals surface area contributed by atoms with Crippen molar-refractivity contribution in [1.82, 2.24) is 0 Å². The molecule has 0 saturated carbocycles. The minimum absolute atomic E-state index is 0.0284. The second-order valence-electron chi connectivity index (χ2n) is 5.90. The van der Waals surface area contributed by atoms with Crippen molar-refractivity contribution in [2.24, 2.45) is 0 Å². The minimum atomic E-state index is -1.06. The number of ketones is 1. The number of carbonyl (C=O) groups is 4. The normalized spacial score (nSPS) is 9.38. The first kappa shape index (κ1) is 28.4. The molecule has 0 bridgehead atoms. The third-order valence-corrected chi connectivity index (χ3v) is 3.53. The van der Waals surface area contributed by atoms with Crippen LogP contribution >= 0.6 is 0 Å². The maximum Gasteiger partial charge on any atom is 0.338 e. The van der Waals surface area contributed by atoms with Crippen molar-refractivity contribution in [3.05, 3.63) is 70.8 Å². The second kappa shape index (κ2) is 16.1. The molecule has 0 radical (unpaired) electrons. The summed E-state index contributed by atoms with van der Waals surface area (Å²) in [5, 5.41) is 32.2. The first-order valence-corrected chi connectivity index (χ1v) is 9.23. The van der Waals surface area contributed by atoms with E-state index < -0.39 is 17.9 Å². The standard InChI is InChI=1S/C12H14O4.C8H6O4.C2H6O2/c1-9(13)10-3-5-11(6-4-10)12(14)16-8-7-15-2;9-7(10)5-1-2-6(4-3-5)8(11)12;3-1-2-4/h3-6H,7-8H2,1-2H3;1-4H,(H,9,10)(H,11,12);3-4H,1-2H2. The van der Waals surface area contributed by atoms with Gasteiger partial charge in [-0.25, -0.2) is 14.4 Å². The van der Waals surface area contributed by atoms with E-state index in [9.17, 15) is 19.2 Å². The highest BCUT2D eigenvalue weighted by molar-refractivity contribution is 5.96. The van der Waals surface area contributed by atoms with Crippen LogP contribution in [-0.2, 0) is 9.47 Å². The van der Waals surface area contributed by atoms with E-state index in [0.29, 0.717) is 17.7 Å². The van der Waals surface area contributed by atoms with E-state index in [2.05, 4.69) is 0 Å². The summed E-state index contributed by atoms with van der Waals surface area (Å²) in [5.74, 6) is -2.56. The zero-order valence-corrected chi connectivity index (χ0v) is 17.7. The molecule has 0 aliphatic carbocycles. The summed E-state index contributed by atoms with van der Waals surface area (Å²) in [6.07, 6.45) is 0. The van der Waals surface area contributed by atoms with Crippen LogP contribution < -0.4 is 0 Å². The smallest absolute Gasteiger partial charge is 0.338 e. The van der Waals surface area contributed by atoms with Crippen LogP contribution in [0, 0.1) is 0 Å². The third-order valence-electron chi connectivity index (χ3n) is 3.53. The van der Waals surface area contributed by atoms with Gasteiger partial charge in [-0.15, -0.1) is 0 Å². The topological polar surface area (TPSA) is 168 Å². The van der Waals surface area contributed by atoms with Crippen LogP contribution in [-0.4, -0.2) is 77.7 Å². The highest BCUT2D eigenvalue weighted by Gasteiger charge is 2.07. The number of rotatable bonds is 8. The second-order valence-corrected chi connectivity index (χ2v) is 5.90. The van der Waals surface area contributed by atoms with Crippen molar-refractivity contribution in [1.29, 1.82) is 0 Å². The van der Waals surface area contributed by atoms with Gasteiger partial charge in [-0.1, -0.05) is 12.1 Å². The van der Waals surface area contributed by atoms with Gasteiger partial charge < -0.3 is 29.9 Å². The summed E-state index contributed by atoms with van der Waals surface area (Å²) in [6.45, 7) is 1.83. The Morgan fingerprint density at radius 3 is 1.38 bits per heavy atom. The molecule has 10 heteroatoms. The predicted molar refractivity (Wildman–Crippen MR) is 113 cm³/mol. The summed E-state index contributed by atoms with van der Waals surface area (Å²) in [6, 6.07) is 11.4. The van der Waals surface area contributed by atoms with E-state index in [1.165, 1.54) is 38.3 Å². The Balaban J connectivity index is 0.000000529. The number of Topliss-reactive ketones (excluding diaryl/α,β-unsaturated/α-hetero) is 1. The molecule has 4 N–H and O–H groups in total. The third kappa shape index (κ3) is 11.6. The molecule has 0 aliphatic heterocycles. The molecule has 0 aliphatic rings. The summed E-state index contributed by atoms with van der Waals surface area (Å²) >= 11 is 0. The number of hydrogen-bond acceptors (Lipinski definition) is 8. The number of carboxylic acids is 2. The molecule has 0 saturated heterocycles. The number of carbonyl (C=O) groups excluding carboxylic acids is 2. The zero-order chi connectivity index (χ0) is 24.5. The molecule has 0 fully saturated rings. The lowest BCUT2D eigenvalue weighted by Gasteiger charge is -2.04. The summed E-state index contributed by atoms with van der Waals surface area (Å²) in [4.78, 5) is 43.1. The Morgan fingerprint density at radius 1 is 0.688 bits per heavy atom. The average molecular weight is 450 g/mol. The number of ether oxygens (including phenoxy) is 2. The predicted octanol–water partition coefficient (Wildman–Crippen LogP) is 1.75. The lowest BCUT2D eigenvalue weighted by atomic mass is 10.1. The molecular formula is C22H26O10. The van der Waals surface area contributed by atoms with E-state index in [1.807, 2.05) is 0 Å². The van der Waals surface area contributed by atoms with Crippen LogP contribution in [0.15, 0.2) is 48.5 Å². The molecule has 0 spiro atoms. The molecule has 10 nitrogen and oxygen atoms in total. The van der Waals surface area contributed by atoms with Crippen LogP contribution in [0.1, 0.15) is 48.4 Å². The monoisotopic (exact) mass is 450 g/mol. The van der Waals surface area contributed by atoms with E-state index in [4.69, 9.17) is 29.9 Å². The number of methoxy groups -OCH3 is 1. The van der Waals surface area contributed by atoms with Crippen molar-refractivity contribution in [3.8, 4) is 0 Å². The number of aromatic carboxylic acids is 2. The number of aliphatic hydroxyl groups excluding tert-OH is 2. The lowest BCUT2D eigenvalue weighted by Crippen LogP contribution is -2.10. The van der Waals surface area contributed by atoms with Gasteiger partial charge in [0.25, 0.3) is 0 Å². The van der Waals surface area contributed by atoms with Crippen LogP contribution in [0.4, 0.5) is 0 Å². The van der Waals surface area contributed by atoms with E-state index in [-0.39, 0.29) is 36.7 Å². The Kier molecular flexibility index (Phi) is 14.3. The van der Waals surface area contributed by atoms with E-state index in [1.54, 1.807) is 24.3 Å². The van der Waals surface area contributed by atoms with Gasteiger partial charge in [-0.2, -0.15) is 0 Å². The Hall–Kier alpha value is -3.60. The number of hydrogen-bond donors (Lipinski definition) is 4. The van der Waals surface area contributed by atoms with Gasteiger partial charge in [0.1, 0.15) is 6.61 Å². The molecular weight excluding hydrogens is 424 g/mol. The first-order chi connectivity index (χ1) is 15.2.